The molecule has 15 heavy (non-hydrogen) atoms. The Morgan fingerprint density at radius 3 is 3.00 bits per heavy atom. The Hall–Kier alpha value is -1.84. The second-order valence-corrected chi connectivity index (χ2v) is 2.95. The molecule has 0 aliphatic rings. The summed E-state index contributed by atoms with van der Waals surface area (Å²) in [6.07, 6.45) is 0.569. The molecule has 0 radical (unpaired) electrons. The third kappa shape index (κ3) is 2.80. The number of rotatable bonds is 4. The maximum Gasteiger partial charge on any atom is 0.150 e. The maximum atomic E-state index is 9.09. The summed E-state index contributed by atoms with van der Waals surface area (Å²) in [7, 11) is 0. The number of pyridine rings is 1. The van der Waals surface area contributed by atoms with E-state index in [0.717, 1.165) is 0 Å². The minimum absolute atomic E-state index is 0.128. The van der Waals surface area contributed by atoms with Crippen LogP contribution in [0.15, 0.2) is 12.3 Å². The van der Waals surface area contributed by atoms with E-state index in [4.69, 9.17) is 21.2 Å². The van der Waals surface area contributed by atoms with Gasteiger partial charge in [0, 0.05) is 12.7 Å². The van der Waals surface area contributed by atoms with E-state index < -0.39 is 6.10 Å². The average molecular weight is 208 g/mol. The standard InChI is InChI=1S/C9H12N4O2/c10-3-6-1-2-12-9(8(6)11)13-4-7(15)5-14/h1-2,7,14-15H,4-5,11H2,(H,12,13). The molecule has 0 bridgehead atoms. The topological polar surface area (TPSA) is 115 Å². The number of nitrogen functional groups attached to an aromatic ring is 1. The number of nitrogens with one attached hydrogen (secondary N) is 1. The smallest absolute Gasteiger partial charge is 0.150 e. The van der Waals surface area contributed by atoms with Crippen molar-refractivity contribution >= 4 is 11.5 Å². The van der Waals surface area contributed by atoms with Crippen LogP contribution < -0.4 is 11.1 Å². The predicted molar refractivity (Wildman–Crippen MR) is 54.9 cm³/mol. The lowest BCUT2D eigenvalue weighted by Crippen LogP contribution is -2.23. The Labute approximate surface area is 87.0 Å². The number of hydrogen-bond donors (Lipinski definition) is 4. The number of nitrogens with two attached hydrogens (primary N) is 1. The first kappa shape index (κ1) is 11.2. The zero-order chi connectivity index (χ0) is 11.3. The van der Waals surface area contributed by atoms with Crippen LogP contribution in [0.4, 0.5) is 11.5 Å². The van der Waals surface area contributed by atoms with Crippen LogP contribution in [0.2, 0.25) is 0 Å². The third-order valence-corrected chi connectivity index (χ3v) is 1.83. The molecule has 1 aromatic rings. The normalized spacial score (nSPS) is 11.8. The van der Waals surface area contributed by atoms with E-state index in [1.807, 2.05) is 6.07 Å². The monoisotopic (exact) mass is 208 g/mol. The quantitative estimate of drug-likeness (QED) is 0.520. The molecular weight excluding hydrogens is 196 g/mol. The summed E-state index contributed by atoms with van der Waals surface area (Å²) in [5.41, 5.74) is 6.20. The predicted octanol–water partition coefficient (Wildman–Crippen LogP) is -0.699. The first-order chi connectivity index (χ1) is 7.19. The molecule has 1 atom stereocenters. The van der Waals surface area contributed by atoms with Gasteiger partial charge in [0.2, 0.25) is 0 Å². The highest BCUT2D eigenvalue weighted by molar-refractivity contribution is 5.68. The van der Waals surface area contributed by atoms with Gasteiger partial charge < -0.3 is 21.3 Å². The van der Waals surface area contributed by atoms with Gasteiger partial charge in [-0.1, -0.05) is 0 Å². The highest BCUT2D eigenvalue weighted by atomic mass is 16.3. The minimum atomic E-state index is -0.878. The molecule has 0 aliphatic heterocycles. The Bertz CT molecular complexity index is 375. The van der Waals surface area contributed by atoms with Crippen LogP contribution in [0.1, 0.15) is 5.56 Å². The molecule has 6 heteroatoms. The van der Waals surface area contributed by atoms with Crippen molar-refractivity contribution in [1.82, 2.24) is 4.98 Å². The largest absolute Gasteiger partial charge is 0.395 e. The van der Waals surface area contributed by atoms with E-state index in [1.165, 1.54) is 12.3 Å². The summed E-state index contributed by atoms with van der Waals surface area (Å²) >= 11 is 0. The van der Waals surface area contributed by atoms with Crippen molar-refractivity contribution in [3.05, 3.63) is 17.8 Å². The number of hydrogen-bond acceptors (Lipinski definition) is 6. The summed E-state index contributed by atoms with van der Waals surface area (Å²) in [4.78, 5) is 3.91. The molecule has 1 aromatic heterocycles. The van der Waals surface area contributed by atoms with Gasteiger partial charge in [-0.25, -0.2) is 4.98 Å². The van der Waals surface area contributed by atoms with E-state index in [-0.39, 0.29) is 18.8 Å². The highest BCUT2D eigenvalue weighted by Crippen LogP contribution is 2.18. The van der Waals surface area contributed by atoms with Gasteiger partial charge in [0.15, 0.2) is 5.82 Å². The molecule has 0 saturated carbocycles. The molecule has 1 heterocycles. The second-order valence-electron chi connectivity index (χ2n) is 2.95. The molecule has 1 unspecified atom stereocenters. The van der Waals surface area contributed by atoms with Gasteiger partial charge in [-0.15, -0.1) is 0 Å². The summed E-state index contributed by atoms with van der Waals surface area (Å²) in [5, 5.41) is 29.1. The lowest BCUT2D eigenvalue weighted by molar-refractivity contribution is 0.105. The second kappa shape index (κ2) is 5.14. The summed E-state index contributed by atoms with van der Waals surface area (Å²) in [6, 6.07) is 3.42. The number of nitrogens with zero attached hydrogens (tertiary/aromatic N) is 2. The molecule has 6 nitrogen and oxygen atoms in total. The van der Waals surface area contributed by atoms with Gasteiger partial charge in [-0.05, 0) is 6.07 Å². The van der Waals surface area contributed by atoms with E-state index in [0.29, 0.717) is 11.4 Å². The van der Waals surface area contributed by atoms with E-state index in [2.05, 4.69) is 10.3 Å². The Balaban J connectivity index is 2.74. The summed E-state index contributed by atoms with van der Waals surface area (Å²) in [5.74, 6) is 0.335. The van der Waals surface area contributed by atoms with Crippen molar-refractivity contribution in [3.8, 4) is 6.07 Å². The van der Waals surface area contributed by atoms with Crippen LogP contribution in [-0.4, -0.2) is 34.5 Å². The fraction of sp³-hybridized carbons (Fsp3) is 0.333. The number of aliphatic hydroxyl groups excluding tert-OH is 2. The van der Waals surface area contributed by atoms with Gasteiger partial charge >= 0.3 is 0 Å². The molecule has 5 N–H and O–H groups in total. The van der Waals surface area contributed by atoms with Gasteiger partial charge in [-0.2, -0.15) is 5.26 Å². The lowest BCUT2D eigenvalue weighted by atomic mass is 10.2. The fourth-order valence-electron chi connectivity index (χ4n) is 0.991. The molecular formula is C9H12N4O2. The number of nitriles is 1. The molecule has 80 valence electrons. The van der Waals surface area contributed by atoms with Crippen molar-refractivity contribution in [2.24, 2.45) is 0 Å². The van der Waals surface area contributed by atoms with Crippen LogP contribution in [0.25, 0.3) is 0 Å². The van der Waals surface area contributed by atoms with Crippen molar-refractivity contribution in [3.63, 3.8) is 0 Å². The van der Waals surface area contributed by atoms with Gasteiger partial charge in [0.05, 0.1) is 24.0 Å². The van der Waals surface area contributed by atoms with Crippen LogP contribution >= 0.6 is 0 Å². The molecule has 0 aromatic carbocycles. The van der Waals surface area contributed by atoms with Crippen LogP contribution in [0.5, 0.6) is 0 Å². The van der Waals surface area contributed by atoms with Gasteiger partial charge in [0.1, 0.15) is 6.07 Å². The van der Waals surface area contributed by atoms with Crippen molar-refractivity contribution in [1.29, 1.82) is 5.26 Å². The lowest BCUT2D eigenvalue weighted by Gasteiger charge is -2.11. The van der Waals surface area contributed by atoms with E-state index in [1.54, 1.807) is 0 Å². The summed E-state index contributed by atoms with van der Waals surface area (Å²) < 4.78 is 0. The van der Waals surface area contributed by atoms with E-state index in [9.17, 15) is 0 Å². The third-order valence-electron chi connectivity index (χ3n) is 1.83. The van der Waals surface area contributed by atoms with Gasteiger partial charge in [0.25, 0.3) is 0 Å². The Morgan fingerprint density at radius 2 is 2.40 bits per heavy atom. The Kier molecular flexibility index (Phi) is 3.85. The molecule has 0 spiro atoms. The first-order valence-corrected chi connectivity index (χ1v) is 4.36. The summed E-state index contributed by atoms with van der Waals surface area (Å²) in [6.45, 7) is -0.215. The SMILES string of the molecule is N#Cc1ccnc(NCC(O)CO)c1N. The molecule has 0 aliphatic carbocycles. The minimum Gasteiger partial charge on any atom is -0.395 e. The number of aliphatic hydroxyl groups is 2. The van der Waals surface area contributed by atoms with Crippen molar-refractivity contribution in [2.75, 3.05) is 24.2 Å². The zero-order valence-corrected chi connectivity index (χ0v) is 8.01. The molecule has 0 fully saturated rings. The average Bonchev–Trinajstić information content (AvgIpc) is 2.27. The van der Waals surface area contributed by atoms with Crippen molar-refractivity contribution < 1.29 is 10.2 Å². The van der Waals surface area contributed by atoms with Gasteiger partial charge in [-0.3, -0.25) is 0 Å². The number of aromatic nitrogens is 1. The van der Waals surface area contributed by atoms with Crippen LogP contribution in [-0.2, 0) is 0 Å². The first-order valence-electron chi connectivity index (χ1n) is 4.36. The molecule has 0 saturated heterocycles. The van der Waals surface area contributed by atoms with Crippen molar-refractivity contribution in [2.45, 2.75) is 6.10 Å². The highest BCUT2D eigenvalue weighted by Gasteiger charge is 2.07. The van der Waals surface area contributed by atoms with E-state index >= 15 is 0 Å². The maximum absolute atomic E-state index is 9.09. The molecule has 1 rings (SSSR count). The zero-order valence-electron chi connectivity index (χ0n) is 8.01. The fourth-order valence-corrected chi connectivity index (χ4v) is 0.991. The van der Waals surface area contributed by atoms with Crippen LogP contribution in [0.3, 0.4) is 0 Å². The Morgan fingerprint density at radius 1 is 1.67 bits per heavy atom. The molecule has 0 amide bonds. The van der Waals surface area contributed by atoms with Crippen LogP contribution in [0, 0.1) is 11.3 Å². The number of anilines is 2.